The Morgan fingerprint density at radius 1 is 1.65 bits per heavy atom. The molecule has 0 radical (unpaired) electrons. The van der Waals surface area contributed by atoms with Crippen molar-refractivity contribution in [2.75, 3.05) is 26.9 Å². The summed E-state index contributed by atoms with van der Waals surface area (Å²) >= 11 is 0. The first kappa shape index (κ1) is 12.0. The van der Waals surface area contributed by atoms with Crippen LogP contribution in [-0.4, -0.2) is 48.8 Å². The highest BCUT2D eigenvalue weighted by Crippen LogP contribution is 2.12. The Morgan fingerprint density at radius 2 is 2.53 bits per heavy atom. The van der Waals surface area contributed by atoms with Gasteiger partial charge in [-0.1, -0.05) is 6.07 Å². The fraction of sp³-hybridized carbons (Fsp3) is 0.500. The van der Waals surface area contributed by atoms with Crippen LogP contribution in [0.4, 0.5) is 0 Å². The van der Waals surface area contributed by atoms with Crippen LogP contribution in [0.5, 0.6) is 0 Å². The van der Waals surface area contributed by atoms with Crippen LogP contribution >= 0.6 is 0 Å². The van der Waals surface area contributed by atoms with Crippen LogP contribution in [0.1, 0.15) is 5.69 Å². The lowest BCUT2D eigenvalue weighted by atomic mass is 10.2. The minimum absolute atomic E-state index is 0.249. The number of pyridine rings is 1. The van der Waals surface area contributed by atoms with Gasteiger partial charge in [-0.15, -0.1) is 0 Å². The molecule has 0 bridgehead atoms. The van der Waals surface area contributed by atoms with Crippen molar-refractivity contribution in [2.24, 2.45) is 0 Å². The minimum atomic E-state index is -0.323. The van der Waals surface area contributed by atoms with Gasteiger partial charge in [0, 0.05) is 19.3 Å². The van der Waals surface area contributed by atoms with Crippen LogP contribution in [0.25, 0.3) is 0 Å². The van der Waals surface area contributed by atoms with E-state index in [2.05, 4.69) is 4.98 Å². The third-order valence-corrected chi connectivity index (χ3v) is 2.80. The predicted octanol–water partition coefficient (Wildman–Crippen LogP) is 0.455. The molecule has 1 aromatic heterocycles. The van der Waals surface area contributed by atoms with Crippen molar-refractivity contribution in [3.8, 4) is 0 Å². The number of hydrogen-bond donors (Lipinski definition) is 0. The summed E-state index contributed by atoms with van der Waals surface area (Å²) in [6, 6.07) is 5.44. The molecule has 0 N–H and O–H groups in total. The van der Waals surface area contributed by atoms with Crippen LogP contribution in [0.2, 0.25) is 0 Å². The van der Waals surface area contributed by atoms with E-state index >= 15 is 0 Å². The van der Waals surface area contributed by atoms with E-state index in [0.29, 0.717) is 19.8 Å². The fourth-order valence-electron chi connectivity index (χ4n) is 1.88. The molecule has 1 aromatic rings. The van der Waals surface area contributed by atoms with E-state index in [0.717, 1.165) is 12.2 Å². The number of ether oxygens (including phenoxy) is 2. The SMILES string of the molecule is COC(=O)C1COCCN1Cc1ccccn1. The number of esters is 1. The maximum Gasteiger partial charge on any atom is 0.325 e. The zero-order valence-electron chi connectivity index (χ0n) is 9.83. The summed E-state index contributed by atoms with van der Waals surface area (Å²) in [6.45, 7) is 2.39. The maximum atomic E-state index is 11.6. The number of carbonyl (C=O) groups excluding carboxylic acids is 1. The van der Waals surface area contributed by atoms with Crippen molar-refractivity contribution in [3.63, 3.8) is 0 Å². The Morgan fingerprint density at radius 3 is 3.24 bits per heavy atom. The number of aromatic nitrogens is 1. The van der Waals surface area contributed by atoms with E-state index in [4.69, 9.17) is 9.47 Å². The average Bonchev–Trinajstić information content (AvgIpc) is 2.40. The lowest BCUT2D eigenvalue weighted by Gasteiger charge is -2.33. The summed E-state index contributed by atoms with van der Waals surface area (Å²) in [5.74, 6) is -0.249. The molecule has 92 valence electrons. The molecule has 1 saturated heterocycles. The van der Waals surface area contributed by atoms with E-state index < -0.39 is 0 Å². The summed E-state index contributed by atoms with van der Waals surface area (Å²) in [7, 11) is 1.40. The van der Waals surface area contributed by atoms with Crippen molar-refractivity contribution < 1.29 is 14.3 Å². The van der Waals surface area contributed by atoms with E-state index in [1.54, 1.807) is 6.20 Å². The summed E-state index contributed by atoms with van der Waals surface area (Å²) in [6.07, 6.45) is 1.75. The van der Waals surface area contributed by atoms with Crippen molar-refractivity contribution >= 4 is 5.97 Å². The Balaban J connectivity index is 2.04. The zero-order chi connectivity index (χ0) is 12.1. The Hall–Kier alpha value is -1.46. The standard InChI is InChI=1S/C12H16N2O3/c1-16-12(15)11-9-17-7-6-14(11)8-10-4-2-3-5-13-10/h2-5,11H,6-9H2,1H3. The molecule has 0 aromatic carbocycles. The first-order valence-electron chi connectivity index (χ1n) is 5.61. The van der Waals surface area contributed by atoms with Crippen molar-refractivity contribution in [3.05, 3.63) is 30.1 Å². The third-order valence-electron chi connectivity index (χ3n) is 2.80. The van der Waals surface area contributed by atoms with Crippen LogP contribution in [0.3, 0.4) is 0 Å². The van der Waals surface area contributed by atoms with Gasteiger partial charge in [-0.25, -0.2) is 0 Å². The molecule has 2 heterocycles. The second-order valence-corrected chi connectivity index (χ2v) is 3.91. The van der Waals surface area contributed by atoms with E-state index in [1.165, 1.54) is 7.11 Å². The largest absolute Gasteiger partial charge is 0.468 e. The molecule has 1 atom stereocenters. The lowest BCUT2D eigenvalue weighted by molar-refractivity contribution is -0.153. The molecule has 0 amide bonds. The first-order chi connectivity index (χ1) is 8.31. The average molecular weight is 236 g/mol. The normalized spacial score (nSPS) is 21.1. The predicted molar refractivity (Wildman–Crippen MR) is 61.3 cm³/mol. The van der Waals surface area contributed by atoms with Gasteiger partial charge in [0.05, 0.1) is 26.0 Å². The van der Waals surface area contributed by atoms with Gasteiger partial charge in [0.15, 0.2) is 0 Å². The minimum Gasteiger partial charge on any atom is -0.468 e. The van der Waals surface area contributed by atoms with Gasteiger partial charge in [-0.2, -0.15) is 0 Å². The van der Waals surface area contributed by atoms with Gasteiger partial charge in [-0.3, -0.25) is 14.7 Å². The Kier molecular flexibility index (Phi) is 4.06. The van der Waals surface area contributed by atoms with E-state index in [1.807, 2.05) is 23.1 Å². The van der Waals surface area contributed by atoms with Crippen molar-refractivity contribution in [1.82, 2.24) is 9.88 Å². The van der Waals surface area contributed by atoms with Gasteiger partial charge < -0.3 is 9.47 Å². The molecule has 0 spiro atoms. The second kappa shape index (κ2) is 5.75. The highest BCUT2D eigenvalue weighted by Gasteiger charge is 2.30. The molecule has 1 unspecified atom stereocenters. The summed E-state index contributed by atoms with van der Waals surface area (Å²) in [5, 5.41) is 0. The number of methoxy groups -OCH3 is 1. The number of nitrogens with zero attached hydrogens (tertiary/aromatic N) is 2. The monoisotopic (exact) mass is 236 g/mol. The van der Waals surface area contributed by atoms with Gasteiger partial charge in [0.1, 0.15) is 6.04 Å². The van der Waals surface area contributed by atoms with E-state index in [-0.39, 0.29) is 12.0 Å². The molecule has 0 aliphatic carbocycles. The molecule has 1 fully saturated rings. The van der Waals surface area contributed by atoms with Crippen molar-refractivity contribution in [1.29, 1.82) is 0 Å². The number of rotatable bonds is 3. The summed E-state index contributed by atoms with van der Waals surface area (Å²) in [4.78, 5) is 17.9. The molecule has 1 aliphatic rings. The molecule has 5 nitrogen and oxygen atoms in total. The molecule has 5 heteroatoms. The Bertz CT molecular complexity index is 369. The quantitative estimate of drug-likeness (QED) is 0.713. The fourth-order valence-corrected chi connectivity index (χ4v) is 1.88. The molecular formula is C12H16N2O3. The summed E-state index contributed by atoms with van der Waals surface area (Å²) in [5.41, 5.74) is 0.948. The van der Waals surface area contributed by atoms with Gasteiger partial charge in [-0.05, 0) is 12.1 Å². The molecule has 2 rings (SSSR count). The zero-order valence-corrected chi connectivity index (χ0v) is 9.83. The topological polar surface area (TPSA) is 51.7 Å². The lowest BCUT2D eigenvalue weighted by Crippen LogP contribution is -2.49. The highest BCUT2D eigenvalue weighted by molar-refractivity contribution is 5.75. The summed E-state index contributed by atoms with van der Waals surface area (Å²) < 4.78 is 10.1. The number of morpholine rings is 1. The van der Waals surface area contributed by atoms with Crippen LogP contribution in [0, 0.1) is 0 Å². The van der Waals surface area contributed by atoms with Crippen LogP contribution in [-0.2, 0) is 20.8 Å². The second-order valence-electron chi connectivity index (χ2n) is 3.91. The molecule has 0 saturated carbocycles. The maximum absolute atomic E-state index is 11.6. The van der Waals surface area contributed by atoms with Crippen molar-refractivity contribution in [2.45, 2.75) is 12.6 Å². The third kappa shape index (κ3) is 3.01. The Labute approximate surface area is 100 Å². The molecule has 17 heavy (non-hydrogen) atoms. The molecule has 1 aliphatic heterocycles. The number of hydrogen-bond acceptors (Lipinski definition) is 5. The van der Waals surface area contributed by atoms with Gasteiger partial charge in [0.2, 0.25) is 0 Å². The first-order valence-corrected chi connectivity index (χ1v) is 5.61. The van der Waals surface area contributed by atoms with Crippen LogP contribution in [0.15, 0.2) is 24.4 Å². The number of carbonyl (C=O) groups is 1. The van der Waals surface area contributed by atoms with Gasteiger partial charge in [0.25, 0.3) is 0 Å². The smallest absolute Gasteiger partial charge is 0.325 e. The van der Waals surface area contributed by atoms with E-state index in [9.17, 15) is 4.79 Å². The van der Waals surface area contributed by atoms with Gasteiger partial charge >= 0.3 is 5.97 Å². The molecular weight excluding hydrogens is 220 g/mol. The van der Waals surface area contributed by atoms with Crippen LogP contribution < -0.4 is 0 Å². The highest BCUT2D eigenvalue weighted by atomic mass is 16.5.